The van der Waals surface area contributed by atoms with Gasteiger partial charge in [-0.3, -0.25) is 14.4 Å². The van der Waals surface area contributed by atoms with Gasteiger partial charge in [0.2, 0.25) is 0 Å². The largest absolute Gasteiger partial charge is 0.462 e. The third-order valence-electron chi connectivity index (χ3n) is 14.3. The summed E-state index contributed by atoms with van der Waals surface area (Å²) >= 11 is 0. The van der Waals surface area contributed by atoms with Crippen LogP contribution in [0.4, 0.5) is 0 Å². The van der Waals surface area contributed by atoms with E-state index in [1.165, 1.54) is 161 Å². The van der Waals surface area contributed by atoms with E-state index in [1.54, 1.807) is 0 Å². The zero-order valence-electron chi connectivity index (χ0n) is 51.4. The van der Waals surface area contributed by atoms with Crippen LogP contribution in [0, 0.1) is 0 Å². The van der Waals surface area contributed by atoms with Gasteiger partial charge in [-0.2, -0.15) is 0 Å². The summed E-state index contributed by atoms with van der Waals surface area (Å²) in [6.07, 6.45) is 88.5. The molecule has 0 aromatic heterocycles. The van der Waals surface area contributed by atoms with E-state index in [1.807, 2.05) is 0 Å². The number of allylic oxidation sites excluding steroid dienone is 16. The molecule has 0 aromatic rings. The van der Waals surface area contributed by atoms with Crippen molar-refractivity contribution in [1.29, 1.82) is 0 Å². The smallest absolute Gasteiger partial charge is 0.306 e. The van der Waals surface area contributed by atoms with Gasteiger partial charge in [-0.15, -0.1) is 0 Å². The summed E-state index contributed by atoms with van der Waals surface area (Å²) in [6.45, 7) is 6.43. The number of hydrogen-bond acceptors (Lipinski definition) is 6. The summed E-state index contributed by atoms with van der Waals surface area (Å²) in [4.78, 5) is 38.3. The lowest BCUT2D eigenvalue weighted by Crippen LogP contribution is -2.30. The van der Waals surface area contributed by atoms with E-state index in [2.05, 4.69) is 118 Å². The summed E-state index contributed by atoms with van der Waals surface area (Å²) in [5.41, 5.74) is 0. The van der Waals surface area contributed by atoms with Gasteiger partial charge in [-0.1, -0.05) is 304 Å². The second-order valence-corrected chi connectivity index (χ2v) is 22.0. The Morgan fingerprint density at radius 1 is 0.269 bits per heavy atom. The number of unbranched alkanes of at least 4 members (excludes halogenated alkanes) is 33. The molecule has 0 saturated heterocycles. The second kappa shape index (κ2) is 65.8. The molecule has 0 heterocycles. The summed E-state index contributed by atoms with van der Waals surface area (Å²) in [7, 11) is 0. The maximum Gasteiger partial charge on any atom is 0.306 e. The molecule has 448 valence electrons. The van der Waals surface area contributed by atoms with E-state index in [0.717, 1.165) is 122 Å². The Morgan fingerprint density at radius 3 is 0.782 bits per heavy atom. The SMILES string of the molecule is CC/C=C\C/C=C\C/C=C\C/C=C\CCCCCCCCCCCCCCCCCCC(=O)OCC(COC(=O)CCCCCCCCCCCCCCCC)OC(=O)CCCCCC/C=C\C/C=C\C/C=C\C/C=C\CC. The lowest BCUT2D eigenvalue weighted by Gasteiger charge is -2.18. The Kier molecular flexibility index (Phi) is 62.7. The highest BCUT2D eigenvalue weighted by atomic mass is 16.6. The molecule has 0 radical (unpaired) electrons. The van der Waals surface area contributed by atoms with Crippen LogP contribution in [0.15, 0.2) is 97.2 Å². The van der Waals surface area contributed by atoms with Crippen LogP contribution in [-0.2, 0) is 28.6 Å². The van der Waals surface area contributed by atoms with Crippen LogP contribution in [0.25, 0.3) is 0 Å². The molecule has 0 fully saturated rings. The van der Waals surface area contributed by atoms with Crippen LogP contribution in [-0.4, -0.2) is 37.2 Å². The number of carbonyl (C=O) groups excluding carboxylic acids is 3. The molecule has 6 nitrogen and oxygen atoms in total. The lowest BCUT2D eigenvalue weighted by molar-refractivity contribution is -0.167. The van der Waals surface area contributed by atoms with Gasteiger partial charge < -0.3 is 14.2 Å². The van der Waals surface area contributed by atoms with E-state index in [9.17, 15) is 14.4 Å². The molecule has 0 bridgehead atoms. The Hall–Kier alpha value is -3.67. The van der Waals surface area contributed by atoms with Crippen molar-refractivity contribution in [2.45, 2.75) is 329 Å². The zero-order chi connectivity index (χ0) is 56.4. The average molecular weight is 1090 g/mol. The molecule has 78 heavy (non-hydrogen) atoms. The minimum Gasteiger partial charge on any atom is -0.462 e. The van der Waals surface area contributed by atoms with Gasteiger partial charge in [0.1, 0.15) is 13.2 Å². The van der Waals surface area contributed by atoms with Crippen molar-refractivity contribution >= 4 is 17.9 Å². The quantitative estimate of drug-likeness (QED) is 0.0261. The van der Waals surface area contributed by atoms with Crippen LogP contribution in [0.5, 0.6) is 0 Å². The maximum atomic E-state index is 12.9. The summed E-state index contributed by atoms with van der Waals surface area (Å²) < 4.78 is 16.9. The third-order valence-corrected chi connectivity index (χ3v) is 14.3. The van der Waals surface area contributed by atoms with Crippen molar-refractivity contribution in [1.82, 2.24) is 0 Å². The molecule has 0 rings (SSSR count). The summed E-state index contributed by atoms with van der Waals surface area (Å²) in [6, 6.07) is 0. The predicted octanol–water partition coefficient (Wildman–Crippen LogP) is 22.8. The van der Waals surface area contributed by atoms with E-state index in [0.29, 0.717) is 19.3 Å². The summed E-state index contributed by atoms with van der Waals surface area (Å²) in [5, 5.41) is 0. The van der Waals surface area contributed by atoms with Crippen LogP contribution in [0.2, 0.25) is 0 Å². The first-order chi connectivity index (χ1) is 38.5. The van der Waals surface area contributed by atoms with Crippen molar-refractivity contribution in [3.05, 3.63) is 97.2 Å². The molecular formula is C72H124O6. The fourth-order valence-electron chi connectivity index (χ4n) is 9.43. The fourth-order valence-corrected chi connectivity index (χ4v) is 9.43. The first-order valence-electron chi connectivity index (χ1n) is 33.2. The number of ether oxygens (including phenoxy) is 3. The topological polar surface area (TPSA) is 78.9 Å². The Balaban J connectivity index is 4.26. The van der Waals surface area contributed by atoms with Crippen LogP contribution in [0.1, 0.15) is 323 Å². The van der Waals surface area contributed by atoms with Crippen molar-refractivity contribution in [2.24, 2.45) is 0 Å². The third kappa shape index (κ3) is 63.2. The van der Waals surface area contributed by atoms with E-state index in [4.69, 9.17) is 14.2 Å². The maximum absolute atomic E-state index is 12.9. The molecule has 6 heteroatoms. The van der Waals surface area contributed by atoms with E-state index >= 15 is 0 Å². The number of carbonyl (C=O) groups is 3. The molecule has 0 saturated carbocycles. The van der Waals surface area contributed by atoms with Gasteiger partial charge >= 0.3 is 17.9 Å². The van der Waals surface area contributed by atoms with Gasteiger partial charge in [-0.05, 0) is 96.3 Å². The van der Waals surface area contributed by atoms with Gasteiger partial charge in [0.05, 0.1) is 0 Å². The molecule has 0 aliphatic rings. The number of rotatable bonds is 60. The highest BCUT2D eigenvalue weighted by Gasteiger charge is 2.19. The van der Waals surface area contributed by atoms with Gasteiger partial charge in [0.15, 0.2) is 6.10 Å². The predicted molar refractivity (Wildman–Crippen MR) is 339 cm³/mol. The second-order valence-electron chi connectivity index (χ2n) is 22.0. The van der Waals surface area contributed by atoms with Gasteiger partial charge in [-0.25, -0.2) is 0 Å². The van der Waals surface area contributed by atoms with Crippen molar-refractivity contribution < 1.29 is 28.6 Å². The zero-order valence-corrected chi connectivity index (χ0v) is 51.4. The molecular weight excluding hydrogens is 961 g/mol. The number of esters is 3. The monoisotopic (exact) mass is 1080 g/mol. The Labute approximate surface area is 483 Å². The Morgan fingerprint density at radius 2 is 0.500 bits per heavy atom. The summed E-state index contributed by atoms with van der Waals surface area (Å²) in [5.74, 6) is -0.893. The van der Waals surface area contributed by atoms with Crippen molar-refractivity contribution in [3.63, 3.8) is 0 Å². The normalized spacial score (nSPS) is 12.7. The highest BCUT2D eigenvalue weighted by molar-refractivity contribution is 5.71. The fraction of sp³-hybridized carbons (Fsp3) is 0.736. The minimum atomic E-state index is -0.789. The van der Waals surface area contributed by atoms with E-state index in [-0.39, 0.29) is 31.1 Å². The van der Waals surface area contributed by atoms with Gasteiger partial charge in [0, 0.05) is 19.3 Å². The number of hydrogen-bond donors (Lipinski definition) is 0. The van der Waals surface area contributed by atoms with Crippen LogP contribution < -0.4 is 0 Å². The molecule has 0 N–H and O–H groups in total. The highest BCUT2D eigenvalue weighted by Crippen LogP contribution is 2.17. The standard InChI is InChI=1S/C72H124O6/c1-4-7-10-13-16-19-22-25-28-30-31-32-33-34-35-36-37-38-39-40-41-43-44-47-50-53-56-59-62-65-71(74)77-68-69(67-76-70(73)64-61-58-55-52-49-46-27-24-21-18-15-12-9-6-3)78-72(75)66-63-60-57-54-51-48-45-42-29-26-23-20-17-14-11-8-5-2/h7-8,10-11,16-17,19-20,25-26,28-29,31-32,45,48,69H,4-6,9,12-15,18,21-24,27,30,33-44,46-47,49-68H2,1-3H3/b10-7-,11-8-,19-16-,20-17-,28-25-,29-26-,32-31-,48-45-. The molecule has 0 aliphatic carbocycles. The van der Waals surface area contributed by atoms with Crippen molar-refractivity contribution in [2.75, 3.05) is 13.2 Å². The molecule has 1 unspecified atom stereocenters. The molecule has 0 spiro atoms. The molecule has 0 aromatic carbocycles. The minimum absolute atomic E-state index is 0.0834. The first kappa shape index (κ1) is 74.3. The van der Waals surface area contributed by atoms with Crippen molar-refractivity contribution in [3.8, 4) is 0 Å². The van der Waals surface area contributed by atoms with Gasteiger partial charge in [0.25, 0.3) is 0 Å². The van der Waals surface area contributed by atoms with Crippen LogP contribution >= 0.6 is 0 Å². The van der Waals surface area contributed by atoms with Crippen LogP contribution in [0.3, 0.4) is 0 Å². The lowest BCUT2D eigenvalue weighted by atomic mass is 10.0. The molecule has 0 aliphatic heterocycles. The Bertz CT molecular complexity index is 1530. The van der Waals surface area contributed by atoms with E-state index < -0.39 is 6.10 Å². The molecule has 1 atom stereocenters. The average Bonchev–Trinajstić information content (AvgIpc) is 3.44. The molecule has 0 amide bonds. The first-order valence-corrected chi connectivity index (χ1v) is 33.2.